The van der Waals surface area contributed by atoms with Crippen LogP contribution < -0.4 is 11.2 Å². The zero-order chi connectivity index (χ0) is 17.6. The first-order valence-corrected chi connectivity index (χ1v) is 8.90. The number of rotatable bonds is 3. The molecule has 1 aliphatic carbocycles. The van der Waals surface area contributed by atoms with Crippen molar-refractivity contribution in [2.45, 2.75) is 39.2 Å². The van der Waals surface area contributed by atoms with Crippen LogP contribution in [0.5, 0.6) is 0 Å². The predicted octanol–water partition coefficient (Wildman–Crippen LogP) is 2.80. The number of benzene rings is 1. The average Bonchev–Trinajstić information content (AvgIpc) is 3.21. The molecule has 0 bridgehead atoms. The molecule has 3 aromatic rings. The number of hydrogen-bond acceptors (Lipinski definition) is 3. The Labute approximate surface area is 149 Å². The minimum Gasteiger partial charge on any atom is -0.279 e. The van der Waals surface area contributed by atoms with E-state index in [0.717, 1.165) is 18.4 Å². The predicted molar refractivity (Wildman–Crippen MR) is 96.8 cm³/mol. The third-order valence-corrected chi connectivity index (χ3v) is 5.46. The van der Waals surface area contributed by atoms with Gasteiger partial charge in [-0.3, -0.25) is 9.36 Å². The first-order valence-electron chi connectivity index (χ1n) is 8.52. The Morgan fingerprint density at radius 1 is 1.20 bits per heavy atom. The van der Waals surface area contributed by atoms with Crippen LogP contribution in [0.3, 0.4) is 0 Å². The smallest absolute Gasteiger partial charge is 0.279 e. The molecule has 0 saturated heterocycles. The van der Waals surface area contributed by atoms with E-state index in [0.29, 0.717) is 23.2 Å². The second-order valence-electron chi connectivity index (χ2n) is 6.67. The standard InChI is InChI=1S/C18H19ClN4O2/c1-12-14(19)7-4-8-15(12)21-9-10-22-16(17(21)24)20-23(18(22)25)11-13-5-2-3-6-13/h4,7-10,13H,2-3,5-6,11H2,1H3. The number of halogens is 1. The van der Waals surface area contributed by atoms with Crippen LogP contribution in [-0.4, -0.2) is 18.7 Å². The molecule has 130 valence electrons. The summed E-state index contributed by atoms with van der Waals surface area (Å²) < 4.78 is 4.25. The molecule has 4 rings (SSSR count). The molecule has 0 atom stereocenters. The summed E-state index contributed by atoms with van der Waals surface area (Å²) in [7, 11) is 0. The number of fused-ring (bicyclic) bond motifs is 1. The van der Waals surface area contributed by atoms with Crippen molar-refractivity contribution < 1.29 is 0 Å². The lowest BCUT2D eigenvalue weighted by molar-refractivity contribution is 0.420. The third-order valence-electron chi connectivity index (χ3n) is 5.05. The van der Waals surface area contributed by atoms with Gasteiger partial charge in [0.1, 0.15) is 0 Å². The lowest BCUT2D eigenvalue weighted by atomic mass is 10.1. The van der Waals surface area contributed by atoms with Gasteiger partial charge in [0.2, 0.25) is 5.65 Å². The van der Waals surface area contributed by atoms with Gasteiger partial charge in [0.25, 0.3) is 0 Å². The molecular formula is C18H19ClN4O2. The molecule has 1 saturated carbocycles. The van der Waals surface area contributed by atoms with Crippen LogP contribution in [0.4, 0.5) is 0 Å². The van der Waals surface area contributed by atoms with Crippen molar-refractivity contribution in [2.75, 3.05) is 0 Å². The van der Waals surface area contributed by atoms with E-state index in [1.165, 1.54) is 26.5 Å². The molecule has 0 aliphatic heterocycles. The topological polar surface area (TPSA) is 61.3 Å². The largest absolute Gasteiger partial charge is 0.350 e. The Bertz CT molecular complexity index is 1060. The van der Waals surface area contributed by atoms with E-state index in [9.17, 15) is 9.59 Å². The van der Waals surface area contributed by atoms with Crippen LogP contribution in [0.2, 0.25) is 5.02 Å². The van der Waals surface area contributed by atoms with Gasteiger partial charge in [-0.1, -0.05) is 30.5 Å². The summed E-state index contributed by atoms with van der Waals surface area (Å²) in [6, 6.07) is 5.41. The van der Waals surface area contributed by atoms with Gasteiger partial charge in [-0.05, 0) is 43.4 Å². The second kappa shape index (κ2) is 6.19. The minimum atomic E-state index is -0.324. The summed E-state index contributed by atoms with van der Waals surface area (Å²) in [5.41, 5.74) is 1.06. The fourth-order valence-corrected chi connectivity index (χ4v) is 3.78. The van der Waals surface area contributed by atoms with E-state index >= 15 is 0 Å². The van der Waals surface area contributed by atoms with E-state index in [-0.39, 0.29) is 16.9 Å². The Kier molecular flexibility index (Phi) is 4.00. The Morgan fingerprint density at radius 3 is 2.72 bits per heavy atom. The second-order valence-corrected chi connectivity index (χ2v) is 7.07. The van der Waals surface area contributed by atoms with Crippen molar-refractivity contribution in [3.63, 3.8) is 0 Å². The molecule has 0 unspecified atom stereocenters. The molecule has 25 heavy (non-hydrogen) atoms. The zero-order valence-electron chi connectivity index (χ0n) is 14.0. The first-order chi connectivity index (χ1) is 12.1. The molecule has 1 aliphatic rings. The van der Waals surface area contributed by atoms with Gasteiger partial charge < -0.3 is 0 Å². The fourth-order valence-electron chi connectivity index (χ4n) is 3.61. The Balaban J connectivity index is 1.84. The van der Waals surface area contributed by atoms with Gasteiger partial charge in [-0.25, -0.2) is 13.9 Å². The molecular weight excluding hydrogens is 340 g/mol. The highest BCUT2D eigenvalue weighted by molar-refractivity contribution is 6.31. The van der Waals surface area contributed by atoms with Crippen molar-refractivity contribution in [1.29, 1.82) is 0 Å². The minimum absolute atomic E-state index is 0.143. The lowest BCUT2D eigenvalue weighted by Crippen LogP contribution is -2.25. The summed E-state index contributed by atoms with van der Waals surface area (Å²) in [6.07, 6.45) is 7.83. The van der Waals surface area contributed by atoms with Gasteiger partial charge in [-0.15, -0.1) is 5.10 Å². The van der Waals surface area contributed by atoms with Crippen LogP contribution in [0.1, 0.15) is 31.2 Å². The SMILES string of the molecule is Cc1c(Cl)cccc1-n1ccn2c(=O)n(CC3CCCC3)nc2c1=O. The molecule has 7 heteroatoms. The Hall–Kier alpha value is -2.34. The molecule has 0 N–H and O–H groups in total. The number of nitrogens with zero attached hydrogens (tertiary/aromatic N) is 4. The summed E-state index contributed by atoms with van der Waals surface area (Å²) in [5.74, 6) is 0.472. The lowest BCUT2D eigenvalue weighted by Gasteiger charge is -2.09. The van der Waals surface area contributed by atoms with Gasteiger partial charge >= 0.3 is 11.2 Å². The van der Waals surface area contributed by atoms with Crippen molar-refractivity contribution in [2.24, 2.45) is 5.92 Å². The van der Waals surface area contributed by atoms with Gasteiger partial charge in [-0.2, -0.15) is 0 Å². The molecule has 0 amide bonds. The molecule has 0 spiro atoms. The number of hydrogen-bond donors (Lipinski definition) is 0. The van der Waals surface area contributed by atoms with Crippen molar-refractivity contribution in [3.05, 3.63) is 62.0 Å². The molecule has 2 heterocycles. The van der Waals surface area contributed by atoms with Crippen molar-refractivity contribution in [1.82, 2.24) is 18.7 Å². The number of aromatic nitrogens is 4. The zero-order valence-corrected chi connectivity index (χ0v) is 14.7. The van der Waals surface area contributed by atoms with E-state index in [4.69, 9.17) is 11.6 Å². The first kappa shape index (κ1) is 16.1. The Morgan fingerprint density at radius 2 is 1.96 bits per heavy atom. The van der Waals surface area contributed by atoms with Crippen LogP contribution >= 0.6 is 11.6 Å². The third kappa shape index (κ3) is 2.70. The van der Waals surface area contributed by atoms with Crippen molar-refractivity contribution in [3.8, 4) is 5.69 Å². The van der Waals surface area contributed by atoms with Gasteiger partial charge in [0.15, 0.2) is 0 Å². The molecule has 0 radical (unpaired) electrons. The molecule has 2 aromatic heterocycles. The van der Waals surface area contributed by atoms with Gasteiger partial charge in [0, 0.05) is 24.0 Å². The highest BCUT2D eigenvalue weighted by Gasteiger charge is 2.19. The summed E-state index contributed by atoms with van der Waals surface area (Å²) in [4.78, 5) is 25.4. The van der Waals surface area contributed by atoms with Crippen LogP contribution in [-0.2, 0) is 6.54 Å². The fraction of sp³-hybridized carbons (Fsp3) is 0.389. The van der Waals surface area contributed by atoms with Crippen molar-refractivity contribution >= 4 is 17.2 Å². The maximum atomic E-state index is 12.9. The highest BCUT2D eigenvalue weighted by Crippen LogP contribution is 2.25. The molecule has 1 aromatic carbocycles. The summed E-state index contributed by atoms with van der Waals surface area (Å²) in [5, 5.41) is 4.91. The molecule has 6 nitrogen and oxygen atoms in total. The monoisotopic (exact) mass is 358 g/mol. The average molecular weight is 359 g/mol. The van der Waals surface area contributed by atoms with Crippen LogP contribution in [0.25, 0.3) is 11.3 Å². The van der Waals surface area contributed by atoms with Crippen LogP contribution in [0.15, 0.2) is 40.2 Å². The van der Waals surface area contributed by atoms with Gasteiger partial charge in [0.05, 0.1) is 5.69 Å². The van der Waals surface area contributed by atoms with Crippen LogP contribution in [0, 0.1) is 12.8 Å². The maximum absolute atomic E-state index is 12.9. The van der Waals surface area contributed by atoms with E-state index in [2.05, 4.69) is 5.10 Å². The molecule has 1 fully saturated rings. The maximum Gasteiger partial charge on any atom is 0.350 e. The highest BCUT2D eigenvalue weighted by atomic mass is 35.5. The van der Waals surface area contributed by atoms with E-state index < -0.39 is 0 Å². The summed E-state index contributed by atoms with van der Waals surface area (Å²) >= 11 is 6.17. The van der Waals surface area contributed by atoms with E-state index in [1.54, 1.807) is 24.5 Å². The normalized spacial score (nSPS) is 15.3. The summed E-state index contributed by atoms with van der Waals surface area (Å²) in [6.45, 7) is 2.44. The van der Waals surface area contributed by atoms with E-state index in [1.807, 2.05) is 13.0 Å². The quantitative estimate of drug-likeness (QED) is 0.723.